The van der Waals surface area contributed by atoms with Gasteiger partial charge < -0.3 is 15.3 Å². The first kappa shape index (κ1) is 22.1. The van der Waals surface area contributed by atoms with E-state index in [4.69, 9.17) is 12.2 Å². The molecule has 2 heterocycles. The van der Waals surface area contributed by atoms with Crippen molar-refractivity contribution < 1.29 is 9.90 Å². The molecule has 5 nitrogen and oxygen atoms in total. The molecule has 1 aliphatic rings. The number of carboxylic acid groups (broad SMARTS) is 1. The van der Waals surface area contributed by atoms with E-state index in [1.807, 2.05) is 53.4 Å². The van der Waals surface area contributed by atoms with E-state index in [0.29, 0.717) is 11.7 Å². The number of nitrogens with one attached hydrogen (secondary N) is 1. The highest BCUT2D eigenvalue weighted by Gasteiger charge is 2.34. The van der Waals surface area contributed by atoms with Crippen molar-refractivity contribution in [2.45, 2.75) is 18.9 Å². The highest BCUT2D eigenvalue weighted by molar-refractivity contribution is 7.80. The molecule has 0 fully saturated rings. The quantitative estimate of drug-likeness (QED) is 0.324. The minimum atomic E-state index is -0.912. The molecule has 1 atom stereocenters. The fourth-order valence-corrected chi connectivity index (χ4v) is 5.99. The molecule has 4 aromatic rings. The number of hydrogen-bond acceptors (Lipinski definition) is 4. The number of hydrogen-bond donors (Lipinski definition) is 2. The summed E-state index contributed by atoms with van der Waals surface area (Å²) >= 11 is 7.48. The molecule has 0 radical (unpaired) electrons. The Kier molecular flexibility index (Phi) is 6.01. The summed E-state index contributed by atoms with van der Waals surface area (Å²) in [5.41, 5.74) is 3.30. The number of benzene rings is 3. The predicted molar refractivity (Wildman–Crippen MR) is 140 cm³/mol. The van der Waals surface area contributed by atoms with E-state index >= 15 is 0 Å². The Hall–Kier alpha value is -3.73. The second-order valence-corrected chi connectivity index (χ2v) is 9.60. The molecule has 1 aromatic heterocycles. The third-order valence-corrected chi connectivity index (χ3v) is 7.53. The largest absolute Gasteiger partial charge is 0.481 e. The molecule has 0 aliphatic carbocycles. The van der Waals surface area contributed by atoms with Gasteiger partial charge in [-0.15, -0.1) is 11.3 Å². The van der Waals surface area contributed by atoms with Crippen LogP contribution in [0.1, 0.15) is 30.0 Å². The fourth-order valence-electron chi connectivity index (χ4n) is 4.61. The second-order valence-electron chi connectivity index (χ2n) is 8.12. The molecule has 5 rings (SSSR count). The summed E-state index contributed by atoms with van der Waals surface area (Å²) in [4.78, 5) is 13.9. The SMILES string of the molecule is N#CCCN1C(=S)NC(c2ccc3sc4ccccc4c3c2)=C(CC(=O)O)C1c1ccccc1. The van der Waals surface area contributed by atoms with Crippen LogP contribution in [0.2, 0.25) is 0 Å². The molecule has 1 aliphatic heterocycles. The summed E-state index contributed by atoms with van der Waals surface area (Å²) in [6.45, 7) is 0.409. The third-order valence-electron chi connectivity index (χ3n) is 6.04. The average Bonchev–Trinajstić information content (AvgIpc) is 3.22. The van der Waals surface area contributed by atoms with Gasteiger partial charge in [0.15, 0.2) is 5.11 Å². The Morgan fingerprint density at radius 3 is 2.56 bits per heavy atom. The van der Waals surface area contributed by atoms with Gasteiger partial charge in [0.1, 0.15) is 0 Å². The number of fused-ring (bicyclic) bond motifs is 3. The number of thiocarbonyl (C=S) groups is 1. The molecule has 2 N–H and O–H groups in total. The van der Waals surface area contributed by atoms with Crippen LogP contribution in [0.4, 0.5) is 0 Å². The molecule has 3 aromatic carbocycles. The zero-order chi connectivity index (χ0) is 23.7. The first-order valence-electron chi connectivity index (χ1n) is 10.9. The monoisotopic (exact) mass is 483 g/mol. The van der Waals surface area contributed by atoms with Crippen molar-refractivity contribution >= 4 is 60.5 Å². The van der Waals surface area contributed by atoms with Crippen LogP contribution >= 0.6 is 23.6 Å². The number of rotatable bonds is 6. The fraction of sp³-hybridized carbons (Fsp3) is 0.148. The van der Waals surface area contributed by atoms with Gasteiger partial charge in [-0.2, -0.15) is 5.26 Å². The standard InChI is InChI=1S/C27H21N3O2S2/c28-13-6-14-30-26(17-7-2-1-3-8-17)21(16-24(31)32)25(29-27(30)33)18-11-12-23-20(15-18)19-9-4-5-10-22(19)34-23/h1-5,7-12,15,26H,6,14,16H2,(H,29,33)(H,31,32). The minimum Gasteiger partial charge on any atom is -0.481 e. The molecule has 168 valence electrons. The van der Waals surface area contributed by atoms with Crippen LogP contribution in [0.25, 0.3) is 25.9 Å². The molecule has 0 bridgehead atoms. The lowest BCUT2D eigenvalue weighted by Crippen LogP contribution is -2.47. The topological polar surface area (TPSA) is 76.4 Å². The molecule has 0 amide bonds. The van der Waals surface area contributed by atoms with E-state index in [1.165, 1.54) is 14.8 Å². The van der Waals surface area contributed by atoms with Crippen LogP contribution in [0.3, 0.4) is 0 Å². The maximum absolute atomic E-state index is 12.0. The lowest BCUT2D eigenvalue weighted by molar-refractivity contribution is -0.136. The van der Waals surface area contributed by atoms with Gasteiger partial charge in [-0.3, -0.25) is 4.79 Å². The molecular formula is C27H21N3O2S2. The third kappa shape index (κ3) is 4.03. The second kappa shape index (κ2) is 9.26. The van der Waals surface area contributed by atoms with E-state index < -0.39 is 5.97 Å². The van der Waals surface area contributed by atoms with Crippen LogP contribution in [0, 0.1) is 11.3 Å². The van der Waals surface area contributed by atoms with Crippen molar-refractivity contribution in [2.75, 3.05) is 6.54 Å². The van der Waals surface area contributed by atoms with Gasteiger partial charge in [-0.1, -0.05) is 54.6 Å². The van der Waals surface area contributed by atoms with Gasteiger partial charge in [0, 0.05) is 32.4 Å². The van der Waals surface area contributed by atoms with Crippen LogP contribution in [-0.2, 0) is 4.79 Å². The Morgan fingerprint density at radius 1 is 1.06 bits per heavy atom. The summed E-state index contributed by atoms with van der Waals surface area (Å²) in [5.74, 6) is -0.912. The zero-order valence-electron chi connectivity index (χ0n) is 18.2. The van der Waals surface area contributed by atoms with E-state index in [9.17, 15) is 15.2 Å². The van der Waals surface area contributed by atoms with Crippen molar-refractivity contribution in [3.63, 3.8) is 0 Å². The Morgan fingerprint density at radius 2 is 1.79 bits per heavy atom. The maximum Gasteiger partial charge on any atom is 0.307 e. The molecule has 7 heteroatoms. The van der Waals surface area contributed by atoms with Crippen molar-refractivity contribution in [1.29, 1.82) is 5.26 Å². The Balaban J connectivity index is 1.73. The zero-order valence-corrected chi connectivity index (χ0v) is 19.8. The molecule has 0 saturated heterocycles. The van der Waals surface area contributed by atoms with Gasteiger partial charge in [0.25, 0.3) is 0 Å². The van der Waals surface area contributed by atoms with Crippen LogP contribution < -0.4 is 5.32 Å². The Bertz CT molecular complexity index is 1480. The number of aliphatic carboxylic acids is 1. The Labute approximate surface area is 206 Å². The van der Waals surface area contributed by atoms with Crippen molar-refractivity contribution in [2.24, 2.45) is 0 Å². The minimum absolute atomic E-state index is 0.143. The smallest absolute Gasteiger partial charge is 0.307 e. The van der Waals surface area contributed by atoms with Gasteiger partial charge in [-0.25, -0.2) is 0 Å². The number of thiophene rings is 1. The lowest BCUT2D eigenvalue weighted by atomic mass is 9.89. The first-order valence-corrected chi connectivity index (χ1v) is 12.2. The molecule has 34 heavy (non-hydrogen) atoms. The summed E-state index contributed by atoms with van der Waals surface area (Å²) in [6, 6.07) is 26.1. The summed E-state index contributed by atoms with van der Waals surface area (Å²) < 4.78 is 2.39. The van der Waals surface area contributed by atoms with Crippen LogP contribution in [0.5, 0.6) is 0 Å². The normalized spacial score (nSPS) is 16.0. The predicted octanol–water partition coefficient (Wildman–Crippen LogP) is 6.09. The maximum atomic E-state index is 12.0. The van der Waals surface area contributed by atoms with Crippen LogP contribution in [-0.4, -0.2) is 27.6 Å². The number of carbonyl (C=O) groups is 1. The van der Waals surface area contributed by atoms with Crippen molar-refractivity contribution in [1.82, 2.24) is 10.2 Å². The van der Waals surface area contributed by atoms with E-state index in [-0.39, 0.29) is 18.9 Å². The number of nitriles is 1. The van der Waals surface area contributed by atoms with E-state index in [2.05, 4.69) is 35.7 Å². The first-order chi connectivity index (χ1) is 16.6. The van der Waals surface area contributed by atoms with Gasteiger partial charge >= 0.3 is 5.97 Å². The van der Waals surface area contributed by atoms with Crippen LogP contribution in [0.15, 0.2) is 78.4 Å². The van der Waals surface area contributed by atoms with E-state index in [1.54, 1.807) is 11.3 Å². The van der Waals surface area contributed by atoms with Gasteiger partial charge in [0.05, 0.1) is 25.0 Å². The summed E-state index contributed by atoms with van der Waals surface area (Å²) in [5, 5.41) is 25.2. The average molecular weight is 484 g/mol. The molecule has 1 unspecified atom stereocenters. The van der Waals surface area contributed by atoms with Crippen molar-refractivity contribution in [3.05, 3.63) is 89.5 Å². The van der Waals surface area contributed by atoms with Crippen molar-refractivity contribution in [3.8, 4) is 6.07 Å². The highest BCUT2D eigenvalue weighted by atomic mass is 32.1. The molecule has 0 saturated carbocycles. The number of nitrogens with zero attached hydrogens (tertiary/aromatic N) is 2. The molecular weight excluding hydrogens is 462 g/mol. The van der Waals surface area contributed by atoms with E-state index in [0.717, 1.165) is 27.8 Å². The van der Waals surface area contributed by atoms with Gasteiger partial charge in [-0.05, 0) is 47.1 Å². The highest BCUT2D eigenvalue weighted by Crippen LogP contribution is 2.41. The lowest BCUT2D eigenvalue weighted by Gasteiger charge is -2.41. The summed E-state index contributed by atoms with van der Waals surface area (Å²) in [7, 11) is 0. The summed E-state index contributed by atoms with van der Waals surface area (Å²) in [6.07, 6.45) is 0.143. The van der Waals surface area contributed by atoms with Gasteiger partial charge in [0.2, 0.25) is 0 Å². The number of carboxylic acids is 1. The molecule has 0 spiro atoms.